The molecule has 2 aromatic carbocycles. The van der Waals surface area contributed by atoms with E-state index in [0.29, 0.717) is 5.56 Å². The van der Waals surface area contributed by atoms with Gasteiger partial charge < -0.3 is 10.5 Å². The summed E-state index contributed by atoms with van der Waals surface area (Å²) in [4.78, 5) is 0. The molecule has 110 valence electrons. The van der Waals surface area contributed by atoms with Gasteiger partial charge in [-0.15, -0.1) is 0 Å². The number of rotatable bonds is 4. The molecule has 0 saturated heterocycles. The SMILES string of the molecule is N=C(N)c1cccc(COc2c(I)cc(I)cc2I)c1F. The molecule has 0 aliphatic carbocycles. The lowest BCUT2D eigenvalue weighted by Crippen LogP contribution is -2.15. The summed E-state index contributed by atoms with van der Waals surface area (Å²) in [5, 5.41) is 7.35. The number of nitrogens with one attached hydrogen (secondary N) is 1. The molecule has 0 saturated carbocycles. The molecular weight excluding hydrogens is 612 g/mol. The third kappa shape index (κ3) is 4.18. The number of ether oxygens (including phenoxy) is 1. The Hall–Kier alpha value is -0.170. The Balaban J connectivity index is 2.25. The predicted octanol–water partition coefficient (Wildman–Crippen LogP) is 4.50. The van der Waals surface area contributed by atoms with E-state index in [-0.39, 0.29) is 18.0 Å². The van der Waals surface area contributed by atoms with E-state index in [1.54, 1.807) is 12.1 Å². The first-order valence-corrected chi connectivity index (χ1v) is 9.03. The third-order valence-electron chi connectivity index (χ3n) is 2.70. The molecule has 0 unspecified atom stereocenters. The topological polar surface area (TPSA) is 59.1 Å². The lowest BCUT2D eigenvalue weighted by Gasteiger charge is -2.12. The van der Waals surface area contributed by atoms with Gasteiger partial charge in [0, 0.05) is 9.13 Å². The Morgan fingerprint density at radius 2 is 1.81 bits per heavy atom. The van der Waals surface area contributed by atoms with Crippen LogP contribution in [0.3, 0.4) is 0 Å². The quantitative estimate of drug-likeness (QED) is 0.300. The highest BCUT2D eigenvalue weighted by Crippen LogP contribution is 2.30. The van der Waals surface area contributed by atoms with E-state index in [0.717, 1.165) is 16.5 Å². The molecule has 2 aromatic rings. The average molecular weight is 622 g/mol. The van der Waals surface area contributed by atoms with Gasteiger partial charge in [-0.2, -0.15) is 0 Å². The van der Waals surface area contributed by atoms with Crippen molar-refractivity contribution in [2.75, 3.05) is 0 Å². The van der Waals surface area contributed by atoms with E-state index in [1.165, 1.54) is 6.07 Å². The van der Waals surface area contributed by atoms with Crippen molar-refractivity contribution in [2.45, 2.75) is 6.61 Å². The van der Waals surface area contributed by atoms with E-state index < -0.39 is 5.82 Å². The van der Waals surface area contributed by atoms with Crippen molar-refractivity contribution in [1.82, 2.24) is 0 Å². The van der Waals surface area contributed by atoms with Crippen LogP contribution in [-0.2, 0) is 6.61 Å². The fourth-order valence-electron chi connectivity index (χ4n) is 1.72. The van der Waals surface area contributed by atoms with E-state index in [2.05, 4.69) is 67.8 Å². The van der Waals surface area contributed by atoms with E-state index in [4.69, 9.17) is 15.9 Å². The minimum atomic E-state index is -0.500. The van der Waals surface area contributed by atoms with Crippen LogP contribution >= 0.6 is 67.8 Å². The van der Waals surface area contributed by atoms with Gasteiger partial charge in [-0.05, 0) is 86.0 Å². The Bertz CT molecular complexity index is 684. The van der Waals surface area contributed by atoms with Crippen LogP contribution in [0.15, 0.2) is 30.3 Å². The minimum absolute atomic E-state index is 0.0968. The molecule has 2 rings (SSSR count). The molecule has 0 radical (unpaired) electrons. The summed E-state index contributed by atoms with van der Waals surface area (Å²) in [5.41, 5.74) is 5.84. The van der Waals surface area contributed by atoms with Gasteiger partial charge >= 0.3 is 0 Å². The van der Waals surface area contributed by atoms with Crippen LogP contribution in [0.5, 0.6) is 5.75 Å². The zero-order valence-electron chi connectivity index (χ0n) is 10.6. The summed E-state index contributed by atoms with van der Waals surface area (Å²) in [7, 11) is 0. The number of halogens is 4. The van der Waals surface area contributed by atoms with Gasteiger partial charge in [-0.25, -0.2) is 4.39 Å². The largest absolute Gasteiger partial charge is 0.487 e. The average Bonchev–Trinajstić information content (AvgIpc) is 2.38. The third-order valence-corrected chi connectivity index (χ3v) is 4.93. The molecule has 0 heterocycles. The number of nitrogens with two attached hydrogens (primary N) is 1. The first-order chi connectivity index (χ1) is 9.90. The standard InChI is InChI=1S/C14H10FI3N2O/c15-12-7(2-1-3-9(12)14(19)20)6-21-13-10(17)4-8(16)5-11(13)18/h1-5H,6H2,(H3,19,20). The first kappa shape index (κ1) is 17.2. The van der Waals surface area contributed by atoms with Crippen LogP contribution in [0.1, 0.15) is 11.1 Å². The first-order valence-electron chi connectivity index (χ1n) is 5.79. The van der Waals surface area contributed by atoms with Crippen LogP contribution < -0.4 is 10.5 Å². The van der Waals surface area contributed by atoms with Crippen LogP contribution in [0, 0.1) is 21.9 Å². The highest BCUT2D eigenvalue weighted by Gasteiger charge is 2.13. The Kier molecular flexibility index (Phi) is 6.05. The predicted molar refractivity (Wildman–Crippen MR) is 106 cm³/mol. The highest BCUT2D eigenvalue weighted by molar-refractivity contribution is 14.1. The molecule has 0 aliphatic rings. The molecule has 0 bridgehead atoms. The highest BCUT2D eigenvalue weighted by atomic mass is 127. The van der Waals surface area contributed by atoms with Gasteiger partial charge in [0.15, 0.2) is 0 Å². The number of hydrogen-bond donors (Lipinski definition) is 2. The Morgan fingerprint density at radius 3 is 2.38 bits per heavy atom. The molecule has 7 heteroatoms. The molecule has 0 spiro atoms. The van der Waals surface area contributed by atoms with Crippen LogP contribution in [0.25, 0.3) is 0 Å². The van der Waals surface area contributed by atoms with Crippen molar-refractivity contribution < 1.29 is 9.13 Å². The number of hydrogen-bond acceptors (Lipinski definition) is 2. The van der Waals surface area contributed by atoms with Gasteiger partial charge in [-0.1, -0.05) is 12.1 Å². The monoisotopic (exact) mass is 622 g/mol. The molecule has 3 N–H and O–H groups in total. The molecular formula is C14H10FI3N2O. The van der Waals surface area contributed by atoms with Gasteiger partial charge in [0.2, 0.25) is 0 Å². The fraction of sp³-hybridized carbons (Fsp3) is 0.0714. The van der Waals surface area contributed by atoms with Crippen molar-refractivity contribution in [2.24, 2.45) is 5.73 Å². The summed E-state index contributed by atoms with van der Waals surface area (Å²) in [6.07, 6.45) is 0. The Morgan fingerprint density at radius 1 is 1.19 bits per heavy atom. The summed E-state index contributed by atoms with van der Waals surface area (Å²) in [6, 6.07) is 8.79. The van der Waals surface area contributed by atoms with Gasteiger partial charge in [0.25, 0.3) is 0 Å². The number of nitrogen functional groups attached to an aromatic ring is 1. The fourth-order valence-corrected chi connectivity index (χ4v) is 5.61. The summed E-state index contributed by atoms with van der Waals surface area (Å²) >= 11 is 6.64. The van der Waals surface area contributed by atoms with E-state index >= 15 is 0 Å². The molecule has 0 aliphatic heterocycles. The van der Waals surface area contributed by atoms with Crippen LogP contribution in [-0.4, -0.2) is 5.84 Å². The molecule has 0 atom stereocenters. The van der Waals surface area contributed by atoms with Gasteiger partial charge in [-0.3, -0.25) is 5.41 Å². The van der Waals surface area contributed by atoms with Crippen LogP contribution in [0.2, 0.25) is 0 Å². The summed E-state index contributed by atoms with van der Waals surface area (Å²) < 4.78 is 23.0. The van der Waals surface area contributed by atoms with Crippen molar-refractivity contribution in [3.8, 4) is 5.75 Å². The van der Waals surface area contributed by atoms with Crippen LogP contribution in [0.4, 0.5) is 4.39 Å². The van der Waals surface area contributed by atoms with Gasteiger partial charge in [0.1, 0.15) is 24.0 Å². The lowest BCUT2D eigenvalue weighted by atomic mass is 10.1. The minimum Gasteiger partial charge on any atom is -0.487 e. The van der Waals surface area contributed by atoms with Crippen molar-refractivity contribution in [1.29, 1.82) is 5.41 Å². The maximum atomic E-state index is 14.2. The van der Waals surface area contributed by atoms with Crippen molar-refractivity contribution >= 4 is 73.6 Å². The normalized spacial score (nSPS) is 10.5. The molecule has 0 fully saturated rings. The summed E-state index contributed by atoms with van der Waals surface area (Å²) in [5.74, 6) is -0.0439. The van der Waals surface area contributed by atoms with Gasteiger partial charge in [0.05, 0.1) is 12.7 Å². The second-order valence-electron chi connectivity index (χ2n) is 4.18. The Labute approximate surface area is 162 Å². The maximum Gasteiger partial charge on any atom is 0.146 e. The molecule has 0 aromatic heterocycles. The molecule has 0 amide bonds. The van der Waals surface area contributed by atoms with Crippen molar-refractivity contribution in [3.05, 3.63) is 58.0 Å². The molecule has 3 nitrogen and oxygen atoms in total. The lowest BCUT2D eigenvalue weighted by molar-refractivity contribution is 0.295. The van der Waals surface area contributed by atoms with Crippen molar-refractivity contribution in [3.63, 3.8) is 0 Å². The molecule has 21 heavy (non-hydrogen) atoms. The zero-order valence-corrected chi connectivity index (χ0v) is 17.1. The maximum absolute atomic E-state index is 14.2. The number of amidine groups is 1. The zero-order chi connectivity index (χ0) is 15.6. The second kappa shape index (κ2) is 7.40. The smallest absolute Gasteiger partial charge is 0.146 e. The number of benzene rings is 2. The second-order valence-corrected chi connectivity index (χ2v) is 7.75. The van der Waals surface area contributed by atoms with E-state index in [1.807, 2.05) is 12.1 Å². The van der Waals surface area contributed by atoms with E-state index in [9.17, 15) is 4.39 Å². The summed E-state index contributed by atoms with van der Waals surface area (Å²) in [6.45, 7) is 0.0968.